The molecule has 0 aliphatic rings. The Kier molecular flexibility index (Phi) is 16.4. The van der Waals surface area contributed by atoms with E-state index < -0.39 is 11.3 Å². The van der Waals surface area contributed by atoms with E-state index in [0.717, 1.165) is 116 Å². The molecule has 14 aromatic carbocycles. The van der Waals surface area contributed by atoms with Crippen LogP contribution in [0.25, 0.3) is 179 Å². The summed E-state index contributed by atoms with van der Waals surface area (Å²) in [5.74, 6) is 3.28. The fraction of sp³-hybridized carbons (Fsp3) is 0. The highest BCUT2D eigenvalue weighted by atomic mass is 16.4. The zero-order valence-electron chi connectivity index (χ0n) is 54.8. The second kappa shape index (κ2) is 27.2. The van der Waals surface area contributed by atoms with E-state index in [9.17, 15) is 9.59 Å². The van der Waals surface area contributed by atoms with Gasteiger partial charge in [0.15, 0.2) is 34.9 Å². The molecule has 4 heterocycles. The molecule has 18 rings (SSSR count). The van der Waals surface area contributed by atoms with E-state index in [1.807, 2.05) is 200 Å². The van der Waals surface area contributed by atoms with E-state index >= 15 is 0 Å². The third kappa shape index (κ3) is 12.6. The highest BCUT2D eigenvalue weighted by molar-refractivity contribution is 6.08. The molecule has 0 spiro atoms. The Hall–Kier alpha value is -14.0. The van der Waals surface area contributed by atoms with Crippen LogP contribution in [0.15, 0.2) is 370 Å². The van der Waals surface area contributed by atoms with Crippen molar-refractivity contribution in [3.05, 3.63) is 373 Å². The summed E-state index contributed by atoms with van der Waals surface area (Å²) in [6, 6.07) is 118. The van der Waals surface area contributed by atoms with E-state index in [0.29, 0.717) is 62.4 Å². The third-order valence-electron chi connectivity index (χ3n) is 18.3. The number of fused-ring (bicyclic) bond motifs is 6. The van der Waals surface area contributed by atoms with E-state index in [2.05, 4.69) is 146 Å². The summed E-state index contributed by atoms with van der Waals surface area (Å²) >= 11 is 0. The Labute approximate surface area is 586 Å². The van der Waals surface area contributed by atoms with Crippen molar-refractivity contribution in [1.82, 2.24) is 29.9 Å². The molecule has 0 aliphatic heterocycles. The summed E-state index contributed by atoms with van der Waals surface area (Å²) in [7, 11) is 0. The predicted molar refractivity (Wildman–Crippen MR) is 412 cm³/mol. The topological polar surface area (TPSA) is 138 Å². The zero-order chi connectivity index (χ0) is 68.3. The average Bonchev–Trinajstić information content (AvgIpc) is 0.752. The van der Waals surface area contributed by atoms with Crippen LogP contribution in [0.3, 0.4) is 0 Å². The lowest BCUT2D eigenvalue weighted by Gasteiger charge is -2.12. The van der Waals surface area contributed by atoms with Crippen LogP contribution in [0, 0.1) is 0 Å². The van der Waals surface area contributed by atoms with Crippen molar-refractivity contribution >= 4 is 43.5 Å². The standard InChI is InChI=1S/2C46H29N3O2/c50-46-41-28-35(45-48-43(32-17-9-3-10-18-32)47-44(49-45)33-19-11-4-12-20-33)22-23-39(41)40-24-21-34(29-42(40)51-46)38-26-36(30-13-5-1-6-14-30)25-37(27-38)31-15-7-2-8-16-31;50-46-40-24-22-35(45-48-43(32-17-9-3-10-18-32)47-44(49-45)33-19-11-4-12-20-33)28-41(40)39-23-21-34(29-42(39)51-46)38-26-36(30-13-5-1-6-14-30)25-37(27-38)31-15-7-2-8-16-31/h2*1-29H. The van der Waals surface area contributed by atoms with Crippen LogP contribution in [0.4, 0.5) is 0 Å². The van der Waals surface area contributed by atoms with Crippen molar-refractivity contribution in [3.8, 4) is 135 Å². The molecule has 0 radical (unpaired) electrons. The first-order valence-electron chi connectivity index (χ1n) is 33.6. The van der Waals surface area contributed by atoms with Gasteiger partial charge in [-0.1, -0.05) is 273 Å². The van der Waals surface area contributed by atoms with Crippen LogP contribution in [0.2, 0.25) is 0 Å². The normalized spacial score (nSPS) is 11.2. The van der Waals surface area contributed by atoms with Gasteiger partial charge in [0.05, 0.1) is 10.8 Å². The summed E-state index contributed by atoms with van der Waals surface area (Å²) in [4.78, 5) is 56.2. The van der Waals surface area contributed by atoms with Gasteiger partial charge in [0, 0.05) is 49.5 Å². The lowest BCUT2D eigenvalue weighted by atomic mass is 9.93. The van der Waals surface area contributed by atoms with Gasteiger partial charge in [-0.3, -0.25) is 0 Å². The van der Waals surface area contributed by atoms with Crippen molar-refractivity contribution in [3.63, 3.8) is 0 Å². The van der Waals surface area contributed by atoms with Crippen LogP contribution in [0.5, 0.6) is 0 Å². The van der Waals surface area contributed by atoms with Crippen molar-refractivity contribution in [2.45, 2.75) is 0 Å². The summed E-state index contributed by atoms with van der Waals surface area (Å²) in [6.45, 7) is 0. The average molecular weight is 1310 g/mol. The van der Waals surface area contributed by atoms with Gasteiger partial charge in [-0.2, -0.15) is 0 Å². The maximum absolute atomic E-state index is 13.7. The van der Waals surface area contributed by atoms with Crippen LogP contribution in [0.1, 0.15) is 0 Å². The lowest BCUT2D eigenvalue weighted by molar-refractivity contribution is 0.569. The van der Waals surface area contributed by atoms with Crippen LogP contribution in [-0.2, 0) is 0 Å². The molecule has 102 heavy (non-hydrogen) atoms. The van der Waals surface area contributed by atoms with Gasteiger partial charge in [0.25, 0.3) is 0 Å². The SMILES string of the molecule is O=c1oc2cc(-c3cc(-c4ccccc4)cc(-c4ccccc4)c3)ccc2c2cc(-c3nc(-c4ccccc4)nc(-c4ccccc4)n3)ccc12.O=c1oc2cc(-c3cc(-c4ccccc4)cc(-c4ccccc4)c3)ccc2c2ccc(-c3nc(-c4ccccc4)nc(-c4ccccc4)n3)cc12. The zero-order valence-corrected chi connectivity index (χ0v) is 54.8. The largest absolute Gasteiger partial charge is 0.422 e. The van der Waals surface area contributed by atoms with Gasteiger partial charge in [0.1, 0.15) is 11.2 Å². The number of benzene rings is 14. The maximum atomic E-state index is 13.7. The minimum atomic E-state index is -0.417. The first-order chi connectivity index (χ1) is 50.3. The second-order valence-electron chi connectivity index (χ2n) is 24.9. The Morgan fingerprint density at radius 3 is 0.696 bits per heavy atom. The molecule has 0 N–H and O–H groups in total. The van der Waals surface area contributed by atoms with Crippen molar-refractivity contribution < 1.29 is 8.83 Å². The number of rotatable bonds is 12. The molecule has 0 fully saturated rings. The molecular formula is C92H58N6O4. The molecule has 10 heteroatoms. The quantitative estimate of drug-likeness (QED) is 0.0858. The van der Waals surface area contributed by atoms with Crippen LogP contribution < -0.4 is 11.3 Å². The first-order valence-corrected chi connectivity index (χ1v) is 33.6. The minimum absolute atomic E-state index is 0.394. The summed E-state index contributed by atoms with van der Waals surface area (Å²) in [5, 5.41) is 4.23. The first kappa shape index (κ1) is 61.6. The van der Waals surface area contributed by atoms with Crippen LogP contribution in [-0.4, -0.2) is 29.9 Å². The van der Waals surface area contributed by atoms with Gasteiger partial charge in [0.2, 0.25) is 0 Å². The molecule has 18 aromatic rings. The Morgan fingerprint density at radius 2 is 0.382 bits per heavy atom. The van der Waals surface area contributed by atoms with Gasteiger partial charge in [-0.25, -0.2) is 39.5 Å². The van der Waals surface area contributed by atoms with Gasteiger partial charge in [-0.15, -0.1) is 0 Å². The van der Waals surface area contributed by atoms with E-state index in [1.54, 1.807) is 6.07 Å². The number of hydrogen-bond donors (Lipinski definition) is 0. The smallest absolute Gasteiger partial charge is 0.344 e. The van der Waals surface area contributed by atoms with E-state index in [1.165, 1.54) is 0 Å². The number of aromatic nitrogens is 6. The lowest BCUT2D eigenvalue weighted by Crippen LogP contribution is -2.02. The molecule has 0 atom stereocenters. The van der Waals surface area contributed by atoms with Gasteiger partial charge >= 0.3 is 11.3 Å². The molecule has 4 aromatic heterocycles. The molecule has 480 valence electrons. The highest BCUT2D eigenvalue weighted by Gasteiger charge is 2.20. The Morgan fingerprint density at radius 1 is 0.157 bits per heavy atom. The van der Waals surface area contributed by atoms with Gasteiger partial charge in [-0.05, 0) is 151 Å². The Balaban J connectivity index is 0.000000152. The molecular weight excluding hydrogens is 1250 g/mol. The van der Waals surface area contributed by atoms with Crippen molar-refractivity contribution in [1.29, 1.82) is 0 Å². The highest BCUT2D eigenvalue weighted by Crippen LogP contribution is 2.39. The van der Waals surface area contributed by atoms with E-state index in [4.69, 9.17) is 38.7 Å². The Bertz CT molecular complexity index is 6030. The molecule has 0 amide bonds. The van der Waals surface area contributed by atoms with E-state index in [-0.39, 0.29) is 0 Å². The minimum Gasteiger partial charge on any atom is -0.422 e. The number of nitrogens with zero attached hydrogens (tertiary/aromatic N) is 6. The third-order valence-corrected chi connectivity index (χ3v) is 18.3. The summed E-state index contributed by atoms with van der Waals surface area (Å²) in [6.07, 6.45) is 0. The van der Waals surface area contributed by atoms with Crippen LogP contribution >= 0.6 is 0 Å². The molecule has 0 saturated heterocycles. The predicted octanol–water partition coefficient (Wildman–Crippen LogP) is 22.3. The molecule has 0 aliphatic carbocycles. The van der Waals surface area contributed by atoms with Crippen molar-refractivity contribution in [2.75, 3.05) is 0 Å². The number of hydrogen-bond acceptors (Lipinski definition) is 10. The van der Waals surface area contributed by atoms with Crippen molar-refractivity contribution in [2.24, 2.45) is 0 Å². The summed E-state index contributed by atoms with van der Waals surface area (Å²) < 4.78 is 12.0. The molecule has 0 bridgehead atoms. The monoisotopic (exact) mass is 1310 g/mol. The fourth-order valence-corrected chi connectivity index (χ4v) is 13.2. The summed E-state index contributed by atoms with van der Waals surface area (Å²) in [5.41, 5.74) is 18.2. The van der Waals surface area contributed by atoms with Gasteiger partial charge < -0.3 is 8.83 Å². The molecule has 10 nitrogen and oxygen atoms in total. The molecule has 0 saturated carbocycles. The second-order valence-corrected chi connectivity index (χ2v) is 24.9. The fourth-order valence-electron chi connectivity index (χ4n) is 13.2. The molecule has 0 unspecified atom stereocenters. The maximum Gasteiger partial charge on any atom is 0.344 e.